The van der Waals surface area contributed by atoms with Gasteiger partial charge in [0.25, 0.3) is 5.91 Å². The van der Waals surface area contributed by atoms with E-state index < -0.39 is 0 Å². The summed E-state index contributed by atoms with van der Waals surface area (Å²) in [4.78, 5) is 38.3. The molecule has 4 aromatic rings. The summed E-state index contributed by atoms with van der Waals surface area (Å²) < 4.78 is 1.70. The molecule has 5 heterocycles. The van der Waals surface area contributed by atoms with Crippen molar-refractivity contribution >= 4 is 34.6 Å². The Hall–Kier alpha value is -3.83. The second-order valence-electron chi connectivity index (χ2n) is 9.00. The molecule has 2 atom stereocenters. The van der Waals surface area contributed by atoms with Crippen molar-refractivity contribution < 1.29 is 9.59 Å². The molecular formula is C26H30N8O2S. The molecule has 1 fully saturated rings. The second-order valence-corrected chi connectivity index (χ2v) is 9.94. The van der Waals surface area contributed by atoms with Crippen molar-refractivity contribution in [2.45, 2.75) is 32.4 Å². The van der Waals surface area contributed by atoms with Crippen LogP contribution in [0.4, 0.5) is 5.82 Å². The highest BCUT2D eigenvalue weighted by Gasteiger charge is 2.35. The van der Waals surface area contributed by atoms with Gasteiger partial charge in [-0.15, -0.1) is 11.3 Å². The Morgan fingerprint density at radius 3 is 2.78 bits per heavy atom. The van der Waals surface area contributed by atoms with Gasteiger partial charge in [-0.25, -0.2) is 14.5 Å². The summed E-state index contributed by atoms with van der Waals surface area (Å²) >= 11 is 1.62. The van der Waals surface area contributed by atoms with Crippen LogP contribution in [-0.2, 0) is 4.79 Å². The van der Waals surface area contributed by atoms with E-state index in [4.69, 9.17) is 9.97 Å². The van der Waals surface area contributed by atoms with Crippen molar-refractivity contribution in [3.63, 3.8) is 0 Å². The standard InChI is InChI=1S/C26H30N8O2S/c1-4-28-16(2)14-29-25(35)17-12-20(31-23(13-17)33-9-8-21(33)26(36)27-3)18-15-30-34-10-7-19(32-24(18)34)22-6-5-11-37-22/h5-7,10-13,15-16,21,28H,4,8-9,14H2,1-3H3,(H,27,36)(H,29,35)/t16-,21-/m0/s1. The fourth-order valence-corrected chi connectivity index (χ4v) is 5.11. The normalized spacial score (nSPS) is 15.9. The number of aromatic nitrogens is 4. The van der Waals surface area contributed by atoms with Crippen LogP contribution >= 0.6 is 11.3 Å². The number of fused-ring (bicyclic) bond motifs is 1. The summed E-state index contributed by atoms with van der Waals surface area (Å²) in [5.41, 5.74) is 3.26. The smallest absolute Gasteiger partial charge is 0.251 e. The van der Waals surface area contributed by atoms with Gasteiger partial charge in [0.05, 0.1) is 28.0 Å². The molecule has 2 amide bonds. The fourth-order valence-electron chi connectivity index (χ4n) is 4.41. The SMILES string of the molecule is CCN[C@@H](C)CNC(=O)c1cc(-c2cnn3ccc(-c4cccs4)nc23)nc(N2CC[C@H]2C(=O)NC)c1. The Bertz CT molecular complexity index is 1420. The highest BCUT2D eigenvalue weighted by molar-refractivity contribution is 7.13. The number of hydrogen-bond donors (Lipinski definition) is 3. The van der Waals surface area contributed by atoms with E-state index in [0.717, 1.165) is 23.5 Å². The maximum absolute atomic E-state index is 13.2. The summed E-state index contributed by atoms with van der Waals surface area (Å²) in [6.45, 7) is 6.06. The number of nitrogens with one attached hydrogen (secondary N) is 3. The maximum atomic E-state index is 13.2. The maximum Gasteiger partial charge on any atom is 0.251 e. The van der Waals surface area contributed by atoms with Crippen molar-refractivity contribution in [2.24, 2.45) is 0 Å². The number of likely N-dealkylation sites (N-methyl/N-ethyl adjacent to an activating group) is 2. The highest BCUT2D eigenvalue weighted by Crippen LogP contribution is 2.31. The van der Waals surface area contributed by atoms with E-state index in [1.165, 1.54) is 0 Å². The van der Waals surface area contributed by atoms with Crippen LogP contribution in [0.2, 0.25) is 0 Å². The molecule has 1 aliphatic rings. The minimum Gasteiger partial charge on any atom is -0.357 e. The summed E-state index contributed by atoms with van der Waals surface area (Å²) in [6, 6.07) is 9.29. The van der Waals surface area contributed by atoms with Crippen LogP contribution in [0, 0.1) is 0 Å². The quantitative estimate of drug-likeness (QED) is 0.312. The zero-order valence-corrected chi connectivity index (χ0v) is 21.9. The van der Waals surface area contributed by atoms with E-state index in [9.17, 15) is 9.59 Å². The fraction of sp³-hybridized carbons (Fsp3) is 0.346. The zero-order valence-electron chi connectivity index (χ0n) is 21.1. The molecule has 4 aromatic heterocycles. The van der Waals surface area contributed by atoms with Gasteiger partial charge in [0, 0.05) is 37.9 Å². The molecule has 192 valence electrons. The summed E-state index contributed by atoms with van der Waals surface area (Å²) in [5, 5.41) is 15.5. The molecule has 0 unspecified atom stereocenters. The molecule has 0 bridgehead atoms. The van der Waals surface area contributed by atoms with Gasteiger partial charge in [0.2, 0.25) is 5.91 Å². The monoisotopic (exact) mass is 518 g/mol. The van der Waals surface area contributed by atoms with E-state index in [2.05, 4.69) is 21.0 Å². The number of pyridine rings is 1. The van der Waals surface area contributed by atoms with Crippen LogP contribution in [0.5, 0.6) is 0 Å². The molecule has 11 heteroatoms. The minimum atomic E-state index is -0.315. The first kappa shape index (κ1) is 24.8. The number of rotatable bonds is 9. The molecule has 1 saturated heterocycles. The van der Waals surface area contributed by atoms with Gasteiger partial charge in [0.15, 0.2) is 5.65 Å². The molecule has 3 N–H and O–H groups in total. The van der Waals surface area contributed by atoms with E-state index in [1.54, 1.807) is 41.2 Å². The number of thiophene rings is 1. The first-order chi connectivity index (χ1) is 18.0. The van der Waals surface area contributed by atoms with Crippen molar-refractivity contribution in [3.8, 4) is 21.8 Å². The van der Waals surface area contributed by atoms with Crippen molar-refractivity contribution in [1.29, 1.82) is 0 Å². The van der Waals surface area contributed by atoms with Crippen LogP contribution in [-0.4, -0.2) is 70.2 Å². The average Bonchev–Trinajstić information content (AvgIpc) is 3.56. The van der Waals surface area contributed by atoms with E-state index in [0.29, 0.717) is 41.4 Å². The van der Waals surface area contributed by atoms with Crippen molar-refractivity contribution in [3.05, 3.63) is 53.7 Å². The first-order valence-electron chi connectivity index (χ1n) is 12.4. The molecule has 0 aromatic carbocycles. The molecule has 10 nitrogen and oxygen atoms in total. The lowest BCUT2D eigenvalue weighted by Crippen LogP contribution is -2.56. The lowest BCUT2D eigenvalue weighted by Gasteiger charge is -2.40. The van der Waals surface area contributed by atoms with Gasteiger partial charge in [0.1, 0.15) is 11.9 Å². The predicted octanol–water partition coefficient (Wildman–Crippen LogP) is 2.57. The Morgan fingerprint density at radius 1 is 1.22 bits per heavy atom. The summed E-state index contributed by atoms with van der Waals surface area (Å²) in [7, 11) is 1.63. The predicted molar refractivity (Wildman–Crippen MR) is 145 cm³/mol. The molecule has 1 aliphatic heterocycles. The molecule has 0 spiro atoms. The number of nitrogens with zero attached hydrogens (tertiary/aromatic N) is 5. The number of carbonyl (C=O) groups excluding carboxylic acids is 2. The zero-order chi connectivity index (χ0) is 25.9. The lowest BCUT2D eigenvalue weighted by atomic mass is 10.0. The van der Waals surface area contributed by atoms with Gasteiger partial charge >= 0.3 is 0 Å². The van der Waals surface area contributed by atoms with E-state index in [1.807, 2.05) is 48.5 Å². The van der Waals surface area contributed by atoms with Crippen molar-refractivity contribution in [1.82, 2.24) is 35.5 Å². The van der Waals surface area contributed by atoms with Crippen LogP contribution in [0.25, 0.3) is 27.5 Å². The first-order valence-corrected chi connectivity index (χ1v) is 13.3. The second kappa shape index (κ2) is 10.7. The highest BCUT2D eigenvalue weighted by atomic mass is 32.1. The van der Waals surface area contributed by atoms with Gasteiger partial charge in [-0.1, -0.05) is 13.0 Å². The minimum absolute atomic E-state index is 0.0674. The Balaban J connectivity index is 1.55. The van der Waals surface area contributed by atoms with Crippen LogP contribution in [0.1, 0.15) is 30.6 Å². The Kier molecular flexibility index (Phi) is 7.15. The van der Waals surface area contributed by atoms with Gasteiger partial charge < -0.3 is 20.9 Å². The molecule has 0 saturated carbocycles. The van der Waals surface area contributed by atoms with Crippen molar-refractivity contribution in [2.75, 3.05) is 31.6 Å². The number of amides is 2. The third kappa shape index (κ3) is 5.05. The summed E-state index contributed by atoms with van der Waals surface area (Å²) in [5.74, 6) is 0.313. The molecule has 5 rings (SSSR count). The Labute approximate surface area is 219 Å². The third-order valence-corrected chi connectivity index (χ3v) is 7.37. The third-order valence-electron chi connectivity index (χ3n) is 6.48. The van der Waals surface area contributed by atoms with Gasteiger partial charge in [-0.3, -0.25) is 9.59 Å². The van der Waals surface area contributed by atoms with Gasteiger partial charge in [-0.05, 0) is 49.5 Å². The van der Waals surface area contributed by atoms with Gasteiger partial charge in [-0.2, -0.15) is 5.10 Å². The summed E-state index contributed by atoms with van der Waals surface area (Å²) in [6.07, 6.45) is 4.32. The largest absolute Gasteiger partial charge is 0.357 e. The molecule has 0 radical (unpaired) electrons. The molecular weight excluding hydrogens is 488 g/mol. The molecule has 0 aliphatic carbocycles. The van der Waals surface area contributed by atoms with Crippen LogP contribution < -0.4 is 20.9 Å². The number of hydrogen-bond acceptors (Lipinski definition) is 8. The van der Waals surface area contributed by atoms with Crippen LogP contribution in [0.15, 0.2) is 48.1 Å². The van der Waals surface area contributed by atoms with E-state index in [-0.39, 0.29) is 23.9 Å². The lowest BCUT2D eigenvalue weighted by molar-refractivity contribution is -0.123. The topological polar surface area (TPSA) is 117 Å². The van der Waals surface area contributed by atoms with E-state index >= 15 is 0 Å². The average molecular weight is 519 g/mol. The van der Waals surface area contributed by atoms with Crippen LogP contribution in [0.3, 0.4) is 0 Å². The Morgan fingerprint density at radius 2 is 2.08 bits per heavy atom. The molecule has 37 heavy (non-hydrogen) atoms. The number of anilines is 1. The number of carbonyl (C=O) groups is 2.